The summed E-state index contributed by atoms with van der Waals surface area (Å²) >= 11 is 1.19. The predicted molar refractivity (Wildman–Crippen MR) is 151 cm³/mol. The van der Waals surface area contributed by atoms with Crippen LogP contribution in [0, 0.1) is 31.9 Å². The van der Waals surface area contributed by atoms with Crippen LogP contribution in [-0.4, -0.2) is 82.9 Å². The van der Waals surface area contributed by atoms with Gasteiger partial charge in [0, 0.05) is 42.3 Å². The monoisotopic (exact) mass is 660 g/mol. The molecule has 0 radical (unpaired) electrons. The van der Waals surface area contributed by atoms with Gasteiger partial charge >= 0.3 is 29.3 Å². The topological polar surface area (TPSA) is 246 Å². The van der Waals surface area contributed by atoms with Crippen LogP contribution in [0.1, 0.15) is 31.1 Å². The number of hydrogen-bond donors (Lipinski definition) is 4. The maximum absolute atomic E-state index is 13.0. The molecule has 0 unspecified atom stereocenters. The fraction of sp³-hybridized carbons (Fsp3) is 0.192. The van der Waals surface area contributed by atoms with Gasteiger partial charge in [-0.1, -0.05) is 0 Å². The van der Waals surface area contributed by atoms with Crippen molar-refractivity contribution < 1.29 is 67.6 Å². The van der Waals surface area contributed by atoms with Crippen molar-refractivity contribution in [3.63, 3.8) is 0 Å². The molecule has 3 aromatic carbocycles. The molecule has 0 atom stereocenters. The van der Waals surface area contributed by atoms with Gasteiger partial charge in [-0.3, -0.25) is 20.2 Å². The number of carbonyl (C=O) groups is 3. The number of esters is 3. The van der Waals surface area contributed by atoms with E-state index in [0.717, 1.165) is 39.5 Å². The van der Waals surface area contributed by atoms with Crippen LogP contribution in [0.25, 0.3) is 0 Å². The van der Waals surface area contributed by atoms with Gasteiger partial charge in [-0.05, 0) is 18.4 Å². The lowest BCUT2D eigenvalue weighted by molar-refractivity contribution is -0.386. The Kier molecular flexibility index (Phi) is 16.5. The van der Waals surface area contributed by atoms with E-state index in [1.807, 2.05) is 0 Å². The van der Waals surface area contributed by atoms with Crippen LogP contribution in [-0.2, 0) is 14.2 Å². The Bertz CT molecular complexity index is 1550. The Hall–Kier alpha value is -5.56. The number of nitro benzene ring substituents is 2. The number of benzene rings is 3. The Morgan fingerprint density at radius 1 is 0.689 bits per heavy atom. The molecule has 0 fully saturated rings. The standard InChI is InChI=1S/C9H9NO5S.C8H6FNO5.C8H7FO3.CH4O/c1-15-9(12)5-3-6(10(13)14)7(11)4-8(5)16-2;1-15-8(12)4-2-6(10(13)14)7(11)3-5(4)9;1-12-8(11)6-3-2-5(10)4-7(6)9;1-2/h3-4,11H,1-2H3;2-3,11H,1H3;2-4,10H,1H3;2H,1H3. The van der Waals surface area contributed by atoms with Crippen molar-refractivity contribution in [2.45, 2.75) is 4.90 Å². The molecule has 0 aliphatic carbocycles. The molecule has 4 N–H and O–H groups in total. The van der Waals surface area contributed by atoms with E-state index in [-0.39, 0.29) is 16.9 Å². The average Bonchev–Trinajstić information content (AvgIpc) is 3.01. The van der Waals surface area contributed by atoms with Gasteiger partial charge in [0.05, 0.1) is 42.3 Å². The fourth-order valence-electron chi connectivity index (χ4n) is 2.89. The largest absolute Gasteiger partial charge is 0.508 e. The second-order valence-corrected chi connectivity index (χ2v) is 8.36. The number of thioether (sulfide) groups is 1. The van der Waals surface area contributed by atoms with Gasteiger partial charge in [0.2, 0.25) is 0 Å². The zero-order valence-electron chi connectivity index (χ0n) is 24.0. The van der Waals surface area contributed by atoms with E-state index >= 15 is 0 Å². The van der Waals surface area contributed by atoms with E-state index in [4.69, 9.17) is 15.3 Å². The summed E-state index contributed by atoms with van der Waals surface area (Å²) in [6, 6.07) is 6.53. The fourth-order valence-corrected chi connectivity index (χ4v) is 3.48. The minimum atomic E-state index is -1.08. The van der Waals surface area contributed by atoms with E-state index in [1.54, 1.807) is 6.26 Å². The average molecular weight is 661 g/mol. The summed E-state index contributed by atoms with van der Waals surface area (Å²) in [5.74, 6) is -5.88. The lowest BCUT2D eigenvalue weighted by Crippen LogP contribution is -2.05. The van der Waals surface area contributed by atoms with Crippen molar-refractivity contribution in [2.24, 2.45) is 0 Å². The summed E-state index contributed by atoms with van der Waals surface area (Å²) in [6.07, 6.45) is 1.69. The molecule has 0 spiro atoms. The molecule has 3 aromatic rings. The molecule has 0 saturated carbocycles. The first-order valence-corrected chi connectivity index (χ1v) is 12.8. The van der Waals surface area contributed by atoms with E-state index in [2.05, 4.69) is 14.2 Å². The van der Waals surface area contributed by atoms with Gasteiger partial charge in [-0.2, -0.15) is 0 Å². The number of aliphatic hydroxyl groups is 1. The summed E-state index contributed by atoms with van der Waals surface area (Å²) in [7, 11) is 4.36. The number of nitrogens with zero attached hydrogens (tertiary/aromatic N) is 2. The molecule has 0 aromatic heterocycles. The van der Waals surface area contributed by atoms with E-state index < -0.39 is 67.8 Å². The first-order valence-electron chi connectivity index (χ1n) is 11.5. The van der Waals surface area contributed by atoms with Crippen LogP contribution in [0.5, 0.6) is 17.2 Å². The number of phenols is 3. The number of hydrogen-bond acceptors (Lipinski definition) is 15. The quantitative estimate of drug-likeness (QED) is 0.0960. The van der Waals surface area contributed by atoms with E-state index in [9.17, 15) is 48.5 Å². The van der Waals surface area contributed by atoms with Crippen LogP contribution < -0.4 is 0 Å². The van der Waals surface area contributed by atoms with Gasteiger partial charge in [-0.15, -0.1) is 11.8 Å². The van der Waals surface area contributed by atoms with Crippen molar-refractivity contribution in [2.75, 3.05) is 34.7 Å². The maximum Gasteiger partial charge on any atom is 0.341 e. The predicted octanol–water partition coefficient (Wildman–Crippen LogP) is 3.96. The molecule has 0 aliphatic rings. The summed E-state index contributed by atoms with van der Waals surface area (Å²) in [6.45, 7) is 0. The Morgan fingerprint density at radius 3 is 1.51 bits per heavy atom. The normalized spacial score (nSPS) is 9.42. The highest BCUT2D eigenvalue weighted by molar-refractivity contribution is 7.98. The van der Waals surface area contributed by atoms with Gasteiger partial charge in [0.1, 0.15) is 22.9 Å². The Balaban J connectivity index is 0.000000633. The third-order valence-electron chi connectivity index (χ3n) is 4.92. The van der Waals surface area contributed by atoms with Crippen LogP contribution in [0.4, 0.5) is 20.2 Å². The minimum Gasteiger partial charge on any atom is -0.508 e. The van der Waals surface area contributed by atoms with Crippen molar-refractivity contribution in [3.8, 4) is 17.2 Å². The van der Waals surface area contributed by atoms with E-state index in [1.165, 1.54) is 31.0 Å². The van der Waals surface area contributed by atoms with Gasteiger partial charge in [0.15, 0.2) is 11.5 Å². The summed E-state index contributed by atoms with van der Waals surface area (Å²) < 4.78 is 38.9. The minimum absolute atomic E-state index is 0.0690. The number of nitro groups is 2. The molecule has 3 rings (SSSR count). The molecule has 0 saturated heterocycles. The number of phenolic OH excluding ortho intramolecular Hbond substituents is 3. The van der Waals surface area contributed by atoms with Crippen molar-refractivity contribution in [1.29, 1.82) is 0 Å². The second kappa shape index (κ2) is 18.9. The van der Waals surface area contributed by atoms with Crippen LogP contribution >= 0.6 is 11.8 Å². The highest BCUT2D eigenvalue weighted by atomic mass is 32.2. The van der Waals surface area contributed by atoms with Crippen molar-refractivity contribution >= 4 is 41.0 Å². The number of methoxy groups -OCH3 is 3. The van der Waals surface area contributed by atoms with Gasteiger partial charge < -0.3 is 34.6 Å². The highest BCUT2D eigenvalue weighted by Crippen LogP contribution is 2.34. The van der Waals surface area contributed by atoms with Crippen LogP contribution in [0.3, 0.4) is 0 Å². The zero-order valence-corrected chi connectivity index (χ0v) is 24.8. The lowest BCUT2D eigenvalue weighted by atomic mass is 10.2. The third-order valence-corrected chi connectivity index (χ3v) is 5.70. The van der Waals surface area contributed by atoms with Crippen LogP contribution in [0.15, 0.2) is 47.4 Å². The van der Waals surface area contributed by atoms with Crippen LogP contribution in [0.2, 0.25) is 0 Å². The number of rotatable bonds is 6. The molecule has 16 nitrogen and oxygen atoms in total. The Morgan fingerprint density at radius 2 is 1.09 bits per heavy atom. The van der Waals surface area contributed by atoms with E-state index in [0.29, 0.717) is 17.0 Å². The number of aromatic hydroxyl groups is 3. The molecular weight excluding hydrogens is 634 g/mol. The molecule has 45 heavy (non-hydrogen) atoms. The summed E-state index contributed by atoms with van der Waals surface area (Å²) in [5.41, 5.74) is -1.98. The molecule has 0 amide bonds. The third kappa shape index (κ3) is 11.2. The molecule has 19 heteroatoms. The molecule has 0 bridgehead atoms. The first kappa shape index (κ1) is 39.4. The first-order chi connectivity index (χ1) is 21.1. The molecule has 244 valence electrons. The molecular formula is C26H26F2N2O14S. The van der Waals surface area contributed by atoms with Gasteiger partial charge in [-0.25, -0.2) is 23.2 Å². The lowest BCUT2D eigenvalue weighted by Gasteiger charge is -2.06. The summed E-state index contributed by atoms with van der Waals surface area (Å²) in [4.78, 5) is 52.8. The SMILES string of the molecule is CO.COC(=O)c1cc([N+](=O)[O-])c(O)cc1F.COC(=O)c1cc([N+](=O)[O-])c(O)cc1SC.COC(=O)c1ccc(O)cc1F. The number of ether oxygens (including phenoxy) is 3. The zero-order chi connectivity index (χ0) is 35.0. The highest BCUT2D eigenvalue weighted by Gasteiger charge is 2.23. The van der Waals surface area contributed by atoms with Crippen molar-refractivity contribution in [3.05, 3.63) is 91.0 Å². The maximum atomic E-state index is 13.0. The number of halogens is 2. The second-order valence-electron chi connectivity index (χ2n) is 7.52. The van der Waals surface area contributed by atoms with Crippen molar-refractivity contribution in [1.82, 2.24) is 0 Å². The number of aliphatic hydroxyl groups excluding tert-OH is 1. The molecule has 0 aliphatic heterocycles. The van der Waals surface area contributed by atoms with Gasteiger partial charge in [0.25, 0.3) is 0 Å². The molecule has 0 heterocycles. The Labute approximate surface area is 256 Å². The number of carbonyl (C=O) groups excluding carboxylic acids is 3. The summed E-state index contributed by atoms with van der Waals surface area (Å²) in [5, 5.41) is 55.1. The smallest absolute Gasteiger partial charge is 0.341 e.